The molecule has 0 bridgehead atoms. The number of thioether (sulfide) groups is 1. The molecule has 1 amide bonds. The Balaban J connectivity index is 1.64. The van der Waals surface area contributed by atoms with Gasteiger partial charge in [-0.3, -0.25) is 14.2 Å². The number of nitrogens with one attached hydrogen (secondary N) is 2. The zero-order valence-electron chi connectivity index (χ0n) is 15.3. The van der Waals surface area contributed by atoms with Crippen molar-refractivity contribution in [1.29, 1.82) is 0 Å². The molecule has 0 unspecified atom stereocenters. The summed E-state index contributed by atoms with van der Waals surface area (Å²) in [5, 5.41) is 4.75. The number of halogens is 1. The number of carbonyl (C=O) groups is 1. The van der Waals surface area contributed by atoms with Crippen LogP contribution < -0.4 is 10.9 Å². The van der Waals surface area contributed by atoms with Crippen molar-refractivity contribution in [2.24, 2.45) is 0 Å². The summed E-state index contributed by atoms with van der Waals surface area (Å²) in [5.41, 5.74) is 2.37. The van der Waals surface area contributed by atoms with Gasteiger partial charge in [0.2, 0.25) is 5.91 Å². The van der Waals surface area contributed by atoms with Crippen LogP contribution in [0, 0.1) is 0 Å². The third-order valence-electron chi connectivity index (χ3n) is 4.35. The lowest BCUT2D eigenvalue weighted by Gasteiger charge is -2.10. The van der Waals surface area contributed by atoms with Crippen LogP contribution in [0.25, 0.3) is 21.9 Å². The summed E-state index contributed by atoms with van der Waals surface area (Å²) < 4.78 is 1.52. The van der Waals surface area contributed by atoms with Gasteiger partial charge in [-0.1, -0.05) is 47.6 Å². The fourth-order valence-electron chi connectivity index (χ4n) is 3.04. The molecule has 0 spiro atoms. The van der Waals surface area contributed by atoms with Gasteiger partial charge in [-0.05, 0) is 30.3 Å². The Kier molecular flexibility index (Phi) is 5.42. The summed E-state index contributed by atoms with van der Waals surface area (Å²) in [6.45, 7) is 4.03. The molecule has 0 aliphatic carbocycles. The number of amides is 1. The summed E-state index contributed by atoms with van der Waals surface area (Å²) in [5.74, 6) is -0.0872. The molecule has 4 aromatic rings. The van der Waals surface area contributed by atoms with Crippen molar-refractivity contribution in [2.45, 2.75) is 11.7 Å². The van der Waals surface area contributed by atoms with Crippen molar-refractivity contribution in [3.8, 4) is 0 Å². The molecule has 0 aliphatic rings. The minimum atomic E-state index is -0.198. The molecule has 146 valence electrons. The van der Waals surface area contributed by atoms with E-state index in [1.54, 1.807) is 30.3 Å². The minimum Gasteiger partial charge on any atom is -0.349 e. The van der Waals surface area contributed by atoms with E-state index in [1.807, 2.05) is 24.3 Å². The smallest absolute Gasteiger partial charge is 0.278 e. The summed E-state index contributed by atoms with van der Waals surface area (Å²) >= 11 is 7.07. The highest BCUT2D eigenvalue weighted by atomic mass is 35.5. The fraction of sp³-hybridized carbons (Fsp3) is 0.0952. The highest BCUT2D eigenvalue weighted by molar-refractivity contribution is 7.99. The molecule has 2 aromatic heterocycles. The maximum atomic E-state index is 13.0. The van der Waals surface area contributed by atoms with Crippen LogP contribution in [-0.4, -0.2) is 26.2 Å². The Bertz CT molecular complexity index is 1280. The van der Waals surface area contributed by atoms with E-state index in [1.165, 1.54) is 16.3 Å². The average Bonchev–Trinajstić information content (AvgIpc) is 3.09. The van der Waals surface area contributed by atoms with Crippen molar-refractivity contribution in [3.05, 3.63) is 76.6 Å². The van der Waals surface area contributed by atoms with Gasteiger partial charge in [0.15, 0.2) is 5.16 Å². The summed E-state index contributed by atoms with van der Waals surface area (Å²) in [7, 11) is 0. The van der Waals surface area contributed by atoms with Crippen LogP contribution in [-0.2, 0) is 11.3 Å². The number of rotatable bonds is 6. The van der Waals surface area contributed by atoms with E-state index in [2.05, 4.69) is 21.9 Å². The number of carbonyl (C=O) groups excluding carboxylic acids is 1. The third-order valence-corrected chi connectivity index (χ3v) is 5.58. The highest BCUT2D eigenvalue weighted by Crippen LogP contribution is 2.25. The molecule has 8 heteroatoms. The molecule has 4 rings (SSSR count). The molecule has 0 saturated carbocycles. The van der Waals surface area contributed by atoms with E-state index in [4.69, 9.17) is 11.6 Å². The average molecular weight is 425 g/mol. The molecule has 6 nitrogen and oxygen atoms in total. The fourth-order valence-corrected chi connectivity index (χ4v) is 3.96. The van der Waals surface area contributed by atoms with Crippen LogP contribution in [0.1, 0.15) is 0 Å². The predicted molar refractivity (Wildman–Crippen MR) is 119 cm³/mol. The second-order valence-corrected chi connectivity index (χ2v) is 7.72. The first-order valence-corrected chi connectivity index (χ1v) is 10.2. The Morgan fingerprint density at radius 2 is 2.00 bits per heavy atom. The van der Waals surface area contributed by atoms with Crippen molar-refractivity contribution in [1.82, 2.24) is 14.5 Å². The van der Waals surface area contributed by atoms with Gasteiger partial charge >= 0.3 is 0 Å². The van der Waals surface area contributed by atoms with Gasteiger partial charge in [-0.15, -0.1) is 6.58 Å². The number of anilines is 1. The van der Waals surface area contributed by atoms with Gasteiger partial charge in [0.1, 0.15) is 11.0 Å². The largest absolute Gasteiger partial charge is 0.349 e. The number of aromatic amines is 1. The van der Waals surface area contributed by atoms with Crippen LogP contribution in [0.15, 0.2) is 71.1 Å². The monoisotopic (exact) mass is 424 g/mol. The van der Waals surface area contributed by atoms with E-state index >= 15 is 0 Å². The first-order chi connectivity index (χ1) is 14.1. The predicted octanol–water partition coefficient (Wildman–Crippen LogP) is 4.45. The third kappa shape index (κ3) is 3.92. The summed E-state index contributed by atoms with van der Waals surface area (Å²) in [4.78, 5) is 33.2. The zero-order chi connectivity index (χ0) is 20.4. The molecule has 2 aromatic carbocycles. The Morgan fingerprint density at radius 1 is 1.24 bits per heavy atom. The molecular formula is C21H17ClN4O2S. The van der Waals surface area contributed by atoms with E-state index in [9.17, 15) is 9.59 Å². The number of aromatic nitrogens is 3. The number of fused-ring (bicyclic) bond motifs is 3. The van der Waals surface area contributed by atoms with E-state index in [0.29, 0.717) is 33.4 Å². The normalized spacial score (nSPS) is 11.1. The first-order valence-electron chi connectivity index (χ1n) is 8.87. The van der Waals surface area contributed by atoms with Crippen molar-refractivity contribution < 1.29 is 4.79 Å². The number of benzene rings is 2. The maximum absolute atomic E-state index is 13.0. The molecule has 0 radical (unpaired) electrons. The second kappa shape index (κ2) is 8.14. The van der Waals surface area contributed by atoms with Crippen LogP contribution in [0.4, 0.5) is 5.69 Å². The van der Waals surface area contributed by atoms with Gasteiger partial charge < -0.3 is 10.3 Å². The lowest BCUT2D eigenvalue weighted by molar-refractivity contribution is -0.113. The van der Waals surface area contributed by atoms with Gasteiger partial charge in [-0.25, -0.2) is 4.98 Å². The van der Waals surface area contributed by atoms with Crippen LogP contribution in [0.2, 0.25) is 5.02 Å². The topological polar surface area (TPSA) is 79.8 Å². The van der Waals surface area contributed by atoms with Crippen molar-refractivity contribution >= 4 is 56.9 Å². The molecule has 0 fully saturated rings. The SMILES string of the molecule is C=CCn1c(SCC(=O)Nc2ccc(Cl)cc2)nc2c([nH]c3ccccc32)c1=O. The molecule has 29 heavy (non-hydrogen) atoms. The zero-order valence-corrected chi connectivity index (χ0v) is 16.9. The molecular weight excluding hydrogens is 408 g/mol. The minimum absolute atomic E-state index is 0.111. The van der Waals surface area contributed by atoms with E-state index in [-0.39, 0.29) is 17.2 Å². The number of hydrogen-bond acceptors (Lipinski definition) is 4. The lowest BCUT2D eigenvalue weighted by atomic mass is 10.2. The van der Waals surface area contributed by atoms with E-state index in [0.717, 1.165) is 10.9 Å². The van der Waals surface area contributed by atoms with Crippen LogP contribution in [0.5, 0.6) is 0 Å². The summed E-state index contributed by atoms with van der Waals surface area (Å²) in [6.07, 6.45) is 1.63. The lowest BCUT2D eigenvalue weighted by Crippen LogP contribution is -2.23. The molecule has 0 aliphatic heterocycles. The molecule has 0 atom stereocenters. The molecule has 0 saturated heterocycles. The number of allylic oxidation sites excluding steroid dienone is 1. The quantitative estimate of drug-likeness (QED) is 0.272. The van der Waals surface area contributed by atoms with E-state index < -0.39 is 0 Å². The number of hydrogen-bond donors (Lipinski definition) is 2. The highest BCUT2D eigenvalue weighted by Gasteiger charge is 2.16. The van der Waals surface area contributed by atoms with Gasteiger partial charge in [0.05, 0.1) is 5.75 Å². The standard InChI is InChI=1S/C21H17ClN4O2S/c1-2-11-26-20(28)19-18(15-5-3-4-6-16(15)24-19)25-21(26)29-12-17(27)23-14-9-7-13(22)8-10-14/h2-10,24H,1,11-12H2,(H,23,27). The van der Waals surface area contributed by atoms with Crippen molar-refractivity contribution in [3.63, 3.8) is 0 Å². The Hall–Kier alpha value is -3.03. The molecule has 2 N–H and O–H groups in total. The van der Waals surface area contributed by atoms with Crippen molar-refractivity contribution in [2.75, 3.05) is 11.1 Å². The maximum Gasteiger partial charge on any atom is 0.278 e. The Labute approximate surface area is 175 Å². The second-order valence-electron chi connectivity index (χ2n) is 6.34. The number of para-hydroxylation sites is 1. The van der Waals surface area contributed by atoms with Gasteiger partial charge in [0, 0.05) is 28.2 Å². The molecule has 2 heterocycles. The van der Waals surface area contributed by atoms with Gasteiger partial charge in [-0.2, -0.15) is 0 Å². The van der Waals surface area contributed by atoms with Crippen LogP contribution in [0.3, 0.4) is 0 Å². The van der Waals surface area contributed by atoms with Gasteiger partial charge in [0.25, 0.3) is 5.56 Å². The first kappa shape index (κ1) is 19.3. The van der Waals surface area contributed by atoms with Crippen LogP contribution >= 0.6 is 23.4 Å². The number of nitrogens with zero attached hydrogens (tertiary/aromatic N) is 2. The summed E-state index contributed by atoms with van der Waals surface area (Å²) in [6, 6.07) is 14.5. The number of H-pyrrole nitrogens is 1. The Morgan fingerprint density at radius 3 is 2.76 bits per heavy atom.